The van der Waals surface area contributed by atoms with Crippen molar-refractivity contribution in [1.82, 2.24) is 15.2 Å². The first kappa shape index (κ1) is 26.3. The van der Waals surface area contributed by atoms with E-state index in [4.69, 9.17) is 27.9 Å². The van der Waals surface area contributed by atoms with E-state index in [2.05, 4.69) is 15.2 Å². The Bertz CT molecular complexity index is 1480. The van der Waals surface area contributed by atoms with Gasteiger partial charge in [0.05, 0.1) is 41.2 Å². The summed E-state index contributed by atoms with van der Waals surface area (Å²) in [6.45, 7) is 3.35. The maximum atomic E-state index is 12.6. The van der Waals surface area contributed by atoms with E-state index < -0.39 is 5.97 Å². The lowest BCUT2D eigenvalue weighted by Crippen LogP contribution is -2.43. The summed E-state index contributed by atoms with van der Waals surface area (Å²) >= 11 is 13.6. The monoisotopic (exact) mass is 567 g/mol. The molecule has 5 rings (SSSR count). The lowest BCUT2D eigenvalue weighted by molar-refractivity contribution is 0.0334. The average molecular weight is 568 g/mol. The molecular formula is C28H23Cl2N3O4S. The standard InChI is InChI=1S/C28H23Cl2N3O4S/c29-23-8-6-19(14-24(23)30)25-15-38-27(32-25)20-5-7-21(22(13-20)28(35)36)17-1-3-18(4-2-17)26(34)31-16-33-9-11-37-12-10-33/h1-8,13-15H,9-12,16H2,(H,31,34)(H,35,36). The number of aromatic nitrogens is 1. The number of morpholine rings is 1. The number of aromatic carboxylic acids is 1. The molecule has 3 aromatic carbocycles. The molecule has 0 unspecified atom stereocenters. The van der Waals surface area contributed by atoms with E-state index in [0.29, 0.717) is 57.2 Å². The van der Waals surface area contributed by atoms with Crippen molar-refractivity contribution < 1.29 is 19.4 Å². The van der Waals surface area contributed by atoms with E-state index in [-0.39, 0.29) is 11.5 Å². The number of nitrogens with zero attached hydrogens (tertiary/aromatic N) is 2. The van der Waals surface area contributed by atoms with Gasteiger partial charge in [-0.15, -0.1) is 11.3 Å². The minimum atomic E-state index is -1.05. The van der Waals surface area contributed by atoms with Crippen LogP contribution >= 0.6 is 34.5 Å². The molecule has 0 aliphatic carbocycles. The molecule has 2 N–H and O–H groups in total. The number of hydrogen-bond donors (Lipinski definition) is 2. The predicted octanol–water partition coefficient (Wildman–Crippen LogP) is 6.17. The number of hydrogen-bond acceptors (Lipinski definition) is 6. The van der Waals surface area contributed by atoms with Crippen LogP contribution in [0.15, 0.2) is 66.0 Å². The minimum absolute atomic E-state index is 0.151. The Labute approximate surface area is 233 Å². The van der Waals surface area contributed by atoms with Crippen molar-refractivity contribution in [2.45, 2.75) is 0 Å². The van der Waals surface area contributed by atoms with Gasteiger partial charge in [0, 0.05) is 35.2 Å². The molecule has 2 heterocycles. The number of amides is 1. The summed E-state index contributed by atoms with van der Waals surface area (Å²) < 4.78 is 5.32. The Morgan fingerprint density at radius 3 is 2.37 bits per heavy atom. The minimum Gasteiger partial charge on any atom is -0.478 e. The van der Waals surface area contributed by atoms with Crippen molar-refractivity contribution in [2.24, 2.45) is 0 Å². The smallest absolute Gasteiger partial charge is 0.336 e. The van der Waals surface area contributed by atoms with Crippen molar-refractivity contribution in [1.29, 1.82) is 0 Å². The third-order valence-electron chi connectivity index (χ3n) is 6.24. The zero-order valence-electron chi connectivity index (χ0n) is 20.1. The third-order valence-corrected chi connectivity index (χ3v) is 7.87. The van der Waals surface area contributed by atoms with Crippen molar-refractivity contribution >= 4 is 46.4 Å². The number of carboxylic acids is 1. The molecule has 10 heteroatoms. The number of carboxylic acid groups (broad SMARTS) is 1. The molecule has 1 aromatic heterocycles. The van der Waals surface area contributed by atoms with E-state index in [0.717, 1.165) is 24.3 Å². The number of nitrogens with one attached hydrogen (secondary N) is 1. The van der Waals surface area contributed by atoms with Gasteiger partial charge in [0.2, 0.25) is 0 Å². The number of carbonyl (C=O) groups is 2. The molecule has 0 saturated carbocycles. The second-order valence-electron chi connectivity index (χ2n) is 8.70. The van der Waals surface area contributed by atoms with Gasteiger partial charge in [0.25, 0.3) is 5.91 Å². The Hall–Kier alpha value is -3.27. The van der Waals surface area contributed by atoms with Gasteiger partial charge in [-0.05, 0) is 41.5 Å². The number of rotatable bonds is 7. The first-order chi connectivity index (χ1) is 18.4. The first-order valence-corrected chi connectivity index (χ1v) is 13.5. The molecule has 4 aromatic rings. The summed E-state index contributed by atoms with van der Waals surface area (Å²) in [5.41, 5.74) is 4.17. The molecule has 1 fully saturated rings. The van der Waals surface area contributed by atoms with Gasteiger partial charge in [-0.1, -0.05) is 53.5 Å². The summed E-state index contributed by atoms with van der Waals surface area (Å²) in [7, 11) is 0. The van der Waals surface area contributed by atoms with Crippen LogP contribution in [0.3, 0.4) is 0 Å². The molecule has 194 valence electrons. The van der Waals surface area contributed by atoms with Crippen LogP contribution in [0.1, 0.15) is 20.7 Å². The van der Waals surface area contributed by atoms with Gasteiger partial charge in [-0.3, -0.25) is 9.69 Å². The van der Waals surface area contributed by atoms with Crippen LogP contribution in [0.25, 0.3) is 33.0 Å². The maximum Gasteiger partial charge on any atom is 0.336 e. The lowest BCUT2D eigenvalue weighted by Gasteiger charge is -2.26. The highest BCUT2D eigenvalue weighted by atomic mass is 35.5. The first-order valence-electron chi connectivity index (χ1n) is 11.9. The summed E-state index contributed by atoms with van der Waals surface area (Å²) in [5, 5.41) is 16.4. The van der Waals surface area contributed by atoms with Crippen molar-refractivity contribution in [3.8, 4) is 33.0 Å². The SMILES string of the molecule is O=C(NCN1CCOCC1)c1ccc(-c2ccc(-c3nc(-c4ccc(Cl)c(Cl)c4)cs3)cc2C(=O)O)cc1. The van der Waals surface area contributed by atoms with Crippen LogP contribution in [0.5, 0.6) is 0 Å². The van der Waals surface area contributed by atoms with E-state index >= 15 is 0 Å². The van der Waals surface area contributed by atoms with Gasteiger partial charge >= 0.3 is 5.97 Å². The largest absolute Gasteiger partial charge is 0.478 e. The van der Waals surface area contributed by atoms with Crippen LogP contribution in [-0.4, -0.2) is 59.8 Å². The van der Waals surface area contributed by atoms with Crippen LogP contribution in [0.2, 0.25) is 10.0 Å². The zero-order valence-corrected chi connectivity index (χ0v) is 22.4. The molecule has 7 nitrogen and oxygen atoms in total. The molecular weight excluding hydrogens is 545 g/mol. The van der Waals surface area contributed by atoms with Gasteiger partial charge < -0.3 is 15.2 Å². The Balaban J connectivity index is 1.34. The van der Waals surface area contributed by atoms with E-state index in [9.17, 15) is 14.7 Å². The molecule has 1 saturated heterocycles. The van der Waals surface area contributed by atoms with Gasteiger partial charge in [-0.2, -0.15) is 0 Å². The molecule has 0 spiro atoms. The predicted molar refractivity (Wildman–Crippen MR) is 150 cm³/mol. The van der Waals surface area contributed by atoms with Crippen LogP contribution in [0, 0.1) is 0 Å². The zero-order chi connectivity index (χ0) is 26.6. The van der Waals surface area contributed by atoms with Crippen LogP contribution in [-0.2, 0) is 4.74 Å². The normalized spacial score (nSPS) is 13.8. The van der Waals surface area contributed by atoms with Crippen LogP contribution < -0.4 is 5.32 Å². The third kappa shape index (κ3) is 5.90. The maximum absolute atomic E-state index is 12.6. The fourth-order valence-electron chi connectivity index (χ4n) is 4.15. The molecule has 0 atom stereocenters. The molecule has 1 aliphatic heterocycles. The van der Waals surface area contributed by atoms with Crippen molar-refractivity contribution in [3.63, 3.8) is 0 Å². The summed E-state index contributed by atoms with van der Waals surface area (Å²) in [5.74, 6) is -1.23. The second-order valence-corrected chi connectivity index (χ2v) is 10.4. The quantitative estimate of drug-likeness (QED) is 0.277. The Kier molecular flexibility index (Phi) is 8.06. The number of thiazole rings is 1. The van der Waals surface area contributed by atoms with Crippen molar-refractivity contribution in [3.05, 3.63) is 87.2 Å². The Morgan fingerprint density at radius 2 is 1.66 bits per heavy atom. The number of ether oxygens (including phenoxy) is 1. The highest BCUT2D eigenvalue weighted by molar-refractivity contribution is 7.13. The van der Waals surface area contributed by atoms with Gasteiger partial charge in [-0.25, -0.2) is 9.78 Å². The number of carbonyl (C=O) groups excluding carboxylic acids is 1. The highest BCUT2D eigenvalue weighted by Gasteiger charge is 2.17. The number of halogens is 2. The molecule has 1 aliphatic rings. The molecule has 0 bridgehead atoms. The second kappa shape index (κ2) is 11.6. The van der Waals surface area contributed by atoms with E-state index in [1.54, 1.807) is 48.5 Å². The van der Waals surface area contributed by atoms with E-state index in [1.165, 1.54) is 11.3 Å². The average Bonchev–Trinajstić information content (AvgIpc) is 3.44. The lowest BCUT2D eigenvalue weighted by atomic mass is 9.96. The molecule has 0 radical (unpaired) electrons. The topological polar surface area (TPSA) is 91.8 Å². The fraction of sp³-hybridized carbons (Fsp3) is 0.179. The number of benzene rings is 3. The Morgan fingerprint density at radius 1 is 0.947 bits per heavy atom. The van der Waals surface area contributed by atoms with Gasteiger partial charge in [0.15, 0.2) is 0 Å². The molecule has 38 heavy (non-hydrogen) atoms. The highest BCUT2D eigenvalue weighted by Crippen LogP contribution is 2.34. The van der Waals surface area contributed by atoms with Crippen molar-refractivity contribution in [2.75, 3.05) is 33.0 Å². The summed E-state index contributed by atoms with van der Waals surface area (Å²) in [6.07, 6.45) is 0. The van der Waals surface area contributed by atoms with E-state index in [1.807, 2.05) is 17.5 Å². The molecule has 1 amide bonds. The summed E-state index contributed by atoms with van der Waals surface area (Å²) in [6, 6.07) is 17.5. The fourth-order valence-corrected chi connectivity index (χ4v) is 5.27. The van der Waals surface area contributed by atoms with Crippen LogP contribution in [0.4, 0.5) is 0 Å². The summed E-state index contributed by atoms with van der Waals surface area (Å²) in [4.78, 5) is 31.5. The van der Waals surface area contributed by atoms with Gasteiger partial charge in [0.1, 0.15) is 5.01 Å².